The number of hydrogen-bond donors (Lipinski definition) is 1. The zero-order valence-electron chi connectivity index (χ0n) is 12.9. The van der Waals surface area contributed by atoms with Gasteiger partial charge in [-0.05, 0) is 24.9 Å². The van der Waals surface area contributed by atoms with E-state index in [1.54, 1.807) is 0 Å². The Hall–Kier alpha value is -1.06. The molecule has 0 radical (unpaired) electrons. The fraction of sp³-hybridized carbons (Fsp3) is 0.647. The molecule has 0 aromatic heterocycles. The number of para-hydroxylation sites is 1. The molecule has 1 saturated heterocycles. The van der Waals surface area contributed by atoms with Crippen LogP contribution in [0.3, 0.4) is 0 Å². The van der Waals surface area contributed by atoms with Crippen molar-refractivity contribution in [2.75, 3.05) is 19.8 Å². The molecule has 1 aliphatic heterocycles. The van der Waals surface area contributed by atoms with Gasteiger partial charge in [-0.1, -0.05) is 32.0 Å². The standard InChI is InChI=1S/C17H27NO2/c1-13(2)11-18-12-15-6-4-5-14(3)17(15)20-16-7-9-19-10-8-16/h4-6,13,16,18H,7-12H2,1-3H3. The summed E-state index contributed by atoms with van der Waals surface area (Å²) in [5, 5.41) is 3.50. The van der Waals surface area contributed by atoms with Crippen LogP contribution in [0.1, 0.15) is 37.8 Å². The van der Waals surface area contributed by atoms with Gasteiger partial charge in [0, 0.05) is 24.9 Å². The van der Waals surface area contributed by atoms with E-state index in [4.69, 9.17) is 9.47 Å². The average Bonchev–Trinajstić information content (AvgIpc) is 2.43. The molecule has 1 heterocycles. The smallest absolute Gasteiger partial charge is 0.127 e. The normalized spacial score (nSPS) is 16.6. The highest BCUT2D eigenvalue weighted by Gasteiger charge is 2.17. The van der Waals surface area contributed by atoms with Gasteiger partial charge in [0.2, 0.25) is 0 Å². The summed E-state index contributed by atoms with van der Waals surface area (Å²) in [6.07, 6.45) is 2.29. The van der Waals surface area contributed by atoms with E-state index in [0.717, 1.165) is 44.9 Å². The molecule has 3 heteroatoms. The van der Waals surface area contributed by atoms with Gasteiger partial charge in [-0.15, -0.1) is 0 Å². The Morgan fingerprint density at radius 2 is 2.05 bits per heavy atom. The van der Waals surface area contributed by atoms with Crippen LogP contribution < -0.4 is 10.1 Å². The van der Waals surface area contributed by atoms with Gasteiger partial charge < -0.3 is 14.8 Å². The van der Waals surface area contributed by atoms with Crippen LogP contribution in [0.15, 0.2) is 18.2 Å². The molecule has 0 spiro atoms. The Bertz CT molecular complexity index is 411. The summed E-state index contributed by atoms with van der Waals surface area (Å²) >= 11 is 0. The summed E-state index contributed by atoms with van der Waals surface area (Å²) in [6.45, 7) is 10.1. The van der Waals surface area contributed by atoms with Gasteiger partial charge in [-0.2, -0.15) is 0 Å². The first-order chi connectivity index (χ1) is 9.66. The second-order valence-electron chi connectivity index (χ2n) is 6.02. The molecule has 0 unspecified atom stereocenters. The highest BCUT2D eigenvalue weighted by molar-refractivity contribution is 5.40. The van der Waals surface area contributed by atoms with E-state index in [-0.39, 0.29) is 0 Å². The first-order valence-corrected chi connectivity index (χ1v) is 7.70. The molecular weight excluding hydrogens is 250 g/mol. The fourth-order valence-corrected chi connectivity index (χ4v) is 2.48. The lowest BCUT2D eigenvalue weighted by Gasteiger charge is -2.25. The maximum Gasteiger partial charge on any atom is 0.127 e. The molecule has 1 aliphatic rings. The first kappa shape index (κ1) is 15.3. The zero-order valence-corrected chi connectivity index (χ0v) is 12.9. The number of rotatable bonds is 6. The van der Waals surface area contributed by atoms with E-state index in [0.29, 0.717) is 12.0 Å². The second-order valence-corrected chi connectivity index (χ2v) is 6.02. The SMILES string of the molecule is Cc1cccc(CNCC(C)C)c1OC1CCOCC1. The lowest BCUT2D eigenvalue weighted by molar-refractivity contribution is 0.0248. The molecule has 1 fully saturated rings. The largest absolute Gasteiger partial charge is 0.490 e. The number of ether oxygens (including phenoxy) is 2. The maximum absolute atomic E-state index is 6.25. The number of nitrogens with one attached hydrogen (secondary N) is 1. The van der Waals surface area contributed by atoms with Gasteiger partial charge >= 0.3 is 0 Å². The van der Waals surface area contributed by atoms with Crippen LogP contribution in [0, 0.1) is 12.8 Å². The number of hydrogen-bond acceptors (Lipinski definition) is 3. The molecule has 112 valence electrons. The van der Waals surface area contributed by atoms with Gasteiger partial charge in [0.05, 0.1) is 13.2 Å². The molecule has 20 heavy (non-hydrogen) atoms. The highest BCUT2D eigenvalue weighted by Crippen LogP contribution is 2.26. The third kappa shape index (κ3) is 4.50. The molecule has 1 N–H and O–H groups in total. The molecule has 0 bridgehead atoms. The highest BCUT2D eigenvalue weighted by atomic mass is 16.5. The molecule has 0 saturated carbocycles. The Morgan fingerprint density at radius 3 is 2.75 bits per heavy atom. The first-order valence-electron chi connectivity index (χ1n) is 7.70. The summed E-state index contributed by atoms with van der Waals surface area (Å²) in [7, 11) is 0. The van der Waals surface area contributed by atoms with E-state index in [1.165, 1.54) is 11.1 Å². The zero-order chi connectivity index (χ0) is 14.4. The Morgan fingerprint density at radius 1 is 1.30 bits per heavy atom. The van der Waals surface area contributed by atoms with Gasteiger partial charge in [0.25, 0.3) is 0 Å². The van der Waals surface area contributed by atoms with Gasteiger partial charge in [0.15, 0.2) is 0 Å². The minimum absolute atomic E-state index is 0.300. The molecule has 0 atom stereocenters. The van der Waals surface area contributed by atoms with Crippen molar-refractivity contribution in [1.82, 2.24) is 5.32 Å². The van der Waals surface area contributed by atoms with Crippen LogP contribution in [-0.4, -0.2) is 25.9 Å². The van der Waals surface area contributed by atoms with Crippen LogP contribution in [0.4, 0.5) is 0 Å². The predicted molar refractivity (Wildman–Crippen MR) is 82.2 cm³/mol. The van der Waals surface area contributed by atoms with E-state index in [2.05, 4.69) is 44.3 Å². The Labute approximate surface area is 122 Å². The molecule has 1 aromatic carbocycles. The number of benzene rings is 1. The summed E-state index contributed by atoms with van der Waals surface area (Å²) < 4.78 is 11.7. The van der Waals surface area contributed by atoms with Crippen molar-refractivity contribution in [2.45, 2.75) is 46.3 Å². The van der Waals surface area contributed by atoms with E-state index in [9.17, 15) is 0 Å². The van der Waals surface area contributed by atoms with Crippen LogP contribution in [0.5, 0.6) is 5.75 Å². The van der Waals surface area contributed by atoms with E-state index < -0.39 is 0 Å². The maximum atomic E-state index is 6.25. The minimum Gasteiger partial charge on any atom is -0.490 e. The quantitative estimate of drug-likeness (QED) is 0.865. The van der Waals surface area contributed by atoms with Crippen molar-refractivity contribution in [3.63, 3.8) is 0 Å². The number of aryl methyl sites for hydroxylation is 1. The lowest BCUT2D eigenvalue weighted by Crippen LogP contribution is -2.27. The average molecular weight is 277 g/mol. The summed E-state index contributed by atoms with van der Waals surface area (Å²) in [5.41, 5.74) is 2.48. The van der Waals surface area contributed by atoms with Crippen molar-refractivity contribution in [3.8, 4) is 5.75 Å². The lowest BCUT2D eigenvalue weighted by atomic mass is 10.1. The molecule has 2 rings (SSSR count). The van der Waals surface area contributed by atoms with Crippen LogP contribution in [0.25, 0.3) is 0 Å². The van der Waals surface area contributed by atoms with Crippen molar-refractivity contribution in [3.05, 3.63) is 29.3 Å². The van der Waals surface area contributed by atoms with Crippen molar-refractivity contribution < 1.29 is 9.47 Å². The van der Waals surface area contributed by atoms with Crippen LogP contribution >= 0.6 is 0 Å². The van der Waals surface area contributed by atoms with Crippen molar-refractivity contribution in [1.29, 1.82) is 0 Å². The monoisotopic (exact) mass is 277 g/mol. The van der Waals surface area contributed by atoms with E-state index in [1.807, 2.05) is 0 Å². The fourth-order valence-electron chi connectivity index (χ4n) is 2.48. The van der Waals surface area contributed by atoms with Crippen LogP contribution in [-0.2, 0) is 11.3 Å². The van der Waals surface area contributed by atoms with Crippen LogP contribution in [0.2, 0.25) is 0 Å². The Kier molecular flexibility index (Phi) is 5.86. The third-order valence-corrected chi connectivity index (χ3v) is 3.61. The molecular formula is C17H27NO2. The minimum atomic E-state index is 0.300. The topological polar surface area (TPSA) is 30.5 Å². The molecule has 0 amide bonds. The molecule has 1 aromatic rings. The van der Waals surface area contributed by atoms with Gasteiger partial charge in [-0.3, -0.25) is 0 Å². The summed E-state index contributed by atoms with van der Waals surface area (Å²) in [5.74, 6) is 1.73. The van der Waals surface area contributed by atoms with E-state index >= 15 is 0 Å². The Balaban J connectivity index is 2.01. The van der Waals surface area contributed by atoms with Crippen molar-refractivity contribution in [2.24, 2.45) is 5.92 Å². The third-order valence-electron chi connectivity index (χ3n) is 3.61. The summed E-state index contributed by atoms with van der Waals surface area (Å²) in [4.78, 5) is 0. The van der Waals surface area contributed by atoms with Crippen molar-refractivity contribution >= 4 is 0 Å². The summed E-state index contributed by atoms with van der Waals surface area (Å²) in [6, 6.07) is 6.40. The molecule has 0 aliphatic carbocycles. The second kappa shape index (κ2) is 7.65. The van der Waals surface area contributed by atoms with Gasteiger partial charge in [0.1, 0.15) is 11.9 Å². The van der Waals surface area contributed by atoms with Gasteiger partial charge in [-0.25, -0.2) is 0 Å². The predicted octanol–water partition coefficient (Wildman–Crippen LogP) is 3.30. The molecule has 3 nitrogen and oxygen atoms in total.